The first-order chi connectivity index (χ1) is 9.33. The summed E-state index contributed by atoms with van der Waals surface area (Å²) in [7, 11) is 0. The van der Waals surface area contributed by atoms with Crippen LogP contribution in [0.1, 0.15) is 29.9 Å². The number of aliphatic imine (C=N–C) groups is 1. The number of ether oxygens (including phenoxy) is 1. The Labute approximate surface area is 119 Å². The van der Waals surface area contributed by atoms with E-state index >= 15 is 0 Å². The van der Waals surface area contributed by atoms with E-state index in [2.05, 4.69) is 22.4 Å². The van der Waals surface area contributed by atoms with Crippen LogP contribution in [0.5, 0.6) is 0 Å². The fraction of sp³-hybridized carbons (Fsp3) is 0.533. The molecule has 1 saturated heterocycles. The van der Waals surface area contributed by atoms with Gasteiger partial charge in [0.25, 0.3) is 0 Å². The standard InChI is InChI=1S/C15H19ClN2O/c16-13-2-1-12(9-15-17-5-6-18-15)14(10-13)11-3-7-19-8-4-11/h1-2,10-11H,3-9H2,(H,17,18). The smallest absolute Gasteiger partial charge is 0.101 e. The van der Waals surface area contributed by atoms with E-state index in [1.54, 1.807) is 0 Å². The zero-order valence-corrected chi connectivity index (χ0v) is 11.7. The summed E-state index contributed by atoms with van der Waals surface area (Å²) in [6.07, 6.45) is 3.07. The lowest BCUT2D eigenvalue weighted by Gasteiger charge is -2.25. The van der Waals surface area contributed by atoms with Gasteiger partial charge in [-0.3, -0.25) is 4.99 Å². The molecule has 19 heavy (non-hydrogen) atoms. The van der Waals surface area contributed by atoms with Crippen LogP contribution < -0.4 is 5.32 Å². The molecule has 1 aromatic carbocycles. The van der Waals surface area contributed by atoms with Crippen LogP contribution in [-0.4, -0.2) is 32.1 Å². The highest BCUT2D eigenvalue weighted by Crippen LogP contribution is 2.31. The molecule has 1 N–H and O–H groups in total. The number of benzene rings is 1. The van der Waals surface area contributed by atoms with E-state index in [1.165, 1.54) is 11.1 Å². The molecule has 0 spiro atoms. The van der Waals surface area contributed by atoms with Gasteiger partial charge in [-0.25, -0.2) is 0 Å². The van der Waals surface area contributed by atoms with E-state index in [-0.39, 0.29) is 0 Å². The van der Waals surface area contributed by atoms with Crippen molar-refractivity contribution in [2.24, 2.45) is 4.99 Å². The van der Waals surface area contributed by atoms with Crippen LogP contribution >= 0.6 is 11.6 Å². The predicted molar refractivity (Wildman–Crippen MR) is 78.3 cm³/mol. The number of nitrogens with zero attached hydrogens (tertiary/aromatic N) is 1. The molecule has 0 unspecified atom stereocenters. The van der Waals surface area contributed by atoms with Crippen LogP contribution in [0.2, 0.25) is 5.02 Å². The molecule has 0 aromatic heterocycles. The summed E-state index contributed by atoms with van der Waals surface area (Å²) in [4.78, 5) is 4.49. The summed E-state index contributed by atoms with van der Waals surface area (Å²) >= 11 is 6.18. The maximum atomic E-state index is 6.18. The fourth-order valence-corrected chi connectivity index (χ4v) is 3.04. The molecule has 102 valence electrons. The molecule has 3 nitrogen and oxygen atoms in total. The molecular weight excluding hydrogens is 260 g/mol. The lowest BCUT2D eigenvalue weighted by atomic mass is 9.87. The van der Waals surface area contributed by atoms with Gasteiger partial charge in [-0.15, -0.1) is 0 Å². The molecule has 1 fully saturated rings. The van der Waals surface area contributed by atoms with Gasteiger partial charge in [-0.2, -0.15) is 0 Å². The Bertz CT molecular complexity index is 481. The second-order valence-electron chi connectivity index (χ2n) is 5.16. The van der Waals surface area contributed by atoms with Crippen LogP contribution in [0.25, 0.3) is 0 Å². The molecule has 0 radical (unpaired) electrons. The Kier molecular flexibility index (Phi) is 4.04. The van der Waals surface area contributed by atoms with Gasteiger partial charge in [0.15, 0.2) is 0 Å². The minimum atomic E-state index is 0.574. The first-order valence-corrected chi connectivity index (χ1v) is 7.34. The molecule has 4 heteroatoms. The maximum Gasteiger partial charge on any atom is 0.101 e. The van der Waals surface area contributed by atoms with Crippen LogP contribution in [0.4, 0.5) is 0 Å². The van der Waals surface area contributed by atoms with Crippen molar-refractivity contribution in [3.8, 4) is 0 Å². The third-order valence-corrected chi connectivity index (χ3v) is 4.11. The largest absolute Gasteiger partial charge is 0.381 e. The Morgan fingerprint density at radius 2 is 2.16 bits per heavy atom. The number of amidine groups is 1. The zero-order valence-electron chi connectivity index (χ0n) is 11.0. The highest BCUT2D eigenvalue weighted by Gasteiger charge is 2.20. The number of hydrogen-bond donors (Lipinski definition) is 1. The van der Waals surface area contributed by atoms with Crippen molar-refractivity contribution in [1.82, 2.24) is 5.32 Å². The third-order valence-electron chi connectivity index (χ3n) is 3.87. The van der Waals surface area contributed by atoms with Crippen LogP contribution in [0.3, 0.4) is 0 Å². The second-order valence-corrected chi connectivity index (χ2v) is 5.60. The monoisotopic (exact) mass is 278 g/mol. The summed E-state index contributed by atoms with van der Waals surface area (Å²) in [6.45, 7) is 3.58. The van der Waals surface area contributed by atoms with E-state index in [0.29, 0.717) is 5.92 Å². The van der Waals surface area contributed by atoms with Gasteiger partial charge in [-0.05, 0) is 42.0 Å². The van der Waals surface area contributed by atoms with Gasteiger partial charge in [0, 0.05) is 31.2 Å². The molecule has 0 saturated carbocycles. The first kappa shape index (κ1) is 12.9. The lowest BCUT2D eigenvalue weighted by Crippen LogP contribution is -2.22. The van der Waals surface area contributed by atoms with E-state index in [1.807, 2.05) is 6.07 Å². The van der Waals surface area contributed by atoms with Crippen molar-refractivity contribution in [3.05, 3.63) is 34.3 Å². The summed E-state index contributed by atoms with van der Waals surface area (Å²) < 4.78 is 5.46. The minimum Gasteiger partial charge on any atom is -0.381 e. The molecule has 1 aromatic rings. The van der Waals surface area contributed by atoms with Crippen LogP contribution in [0.15, 0.2) is 23.2 Å². The highest BCUT2D eigenvalue weighted by atomic mass is 35.5. The zero-order chi connectivity index (χ0) is 13.1. The average molecular weight is 279 g/mol. The van der Waals surface area contributed by atoms with Gasteiger partial charge < -0.3 is 10.1 Å². The first-order valence-electron chi connectivity index (χ1n) is 6.96. The van der Waals surface area contributed by atoms with Gasteiger partial charge in [0.2, 0.25) is 0 Å². The molecule has 2 aliphatic heterocycles. The highest BCUT2D eigenvalue weighted by molar-refractivity contribution is 6.30. The molecule has 2 aliphatic rings. The number of rotatable bonds is 3. The molecule has 0 atom stereocenters. The topological polar surface area (TPSA) is 33.6 Å². The second kappa shape index (κ2) is 5.93. The molecule has 0 amide bonds. The van der Waals surface area contributed by atoms with Crippen molar-refractivity contribution in [2.75, 3.05) is 26.3 Å². The van der Waals surface area contributed by atoms with Crippen molar-refractivity contribution >= 4 is 17.4 Å². The fourth-order valence-electron chi connectivity index (χ4n) is 2.86. The average Bonchev–Trinajstić information content (AvgIpc) is 2.95. The molecule has 2 heterocycles. The summed E-state index contributed by atoms with van der Waals surface area (Å²) in [5.74, 6) is 1.68. The van der Waals surface area contributed by atoms with Gasteiger partial charge >= 0.3 is 0 Å². The Morgan fingerprint density at radius 3 is 2.89 bits per heavy atom. The summed E-state index contributed by atoms with van der Waals surface area (Å²) in [5, 5.41) is 4.17. The number of nitrogens with one attached hydrogen (secondary N) is 1. The molecular formula is C15H19ClN2O. The number of hydrogen-bond acceptors (Lipinski definition) is 3. The lowest BCUT2D eigenvalue weighted by molar-refractivity contribution is 0.0852. The molecule has 3 rings (SSSR count). The van der Waals surface area contributed by atoms with E-state index in [4.69, 9.17) is 16.3 Å². The maximum absolute atomic E-state index is 6.18. The van der Waals surface area contributed by atoms with Gasteiger partial charge in [-0.1, -0.05) is 17.7 Å². The summed E-state index contributed by atoms with van der Waals surface area (Å²) in [6, 6.07) is 6.26. The molecule has 0 aliphatic carbocycles. The Morgan fingerprint density at radius 1 is 1.32 bits per heavy atom. The molecule has 0 bridgehead atoms. The van der Waals surface area contributed by atoms with Crippen molar-refractivity contribution in [1.29, 1.82) is 0 Å². The Hall–Kier alpha value is -1.06. The van der Waals surface area contributed by atoms with E-state index in [9.17, 15) is 0 Å². The summed E-state index contributed by atoms with van der Waals surface area (Å²) in [5.41, 5.74) is 2.73. The quantitative estimate of drug-likeness (QED) is 0.922. The third kappa shape index (κ3) is 3.10. The van der Waals surface area contributed by atoms with E-state index < -0.39 is 0 Å². The minimum absolute atomic E-state index is 0.574. The van der Waals surface area contributed by atoms with Gasteiger partial charge in [0.05, 0.1) is 6.54 Å². The van der Waals surface area contributed by atoms with Crippen LogP contribution in [0, 0.1) is 0 Å². The normalized spacial score (nSPS) is 20.2. The van der Waals surface area contributed by atoms with Crippen molar-refractivity contribution in [2.45, 2.75) is 25.2 Å². The van der Waals surface area contributed by atoms with E-state index in [0.717, 1.165) is 56.4 Å². The van der Waals surface area contributed by atoms with Crippen LogP contribution in [-0.2, 0) is 11.2 Å². The predicted octanol–water partition coefficient (Wildman–Crippen LogP) is 2.78. The van der Waals surface area contributed by atoms with Crippen molar-refractivity contribution < 1.29 is 4.74 Å². The van der Waals surface area contributed by atoms with Gasteiger partial charge in [0.1, 0.15) is 5.84 Å². The Balaban J connectivity index is 1.85. The SMILES string of the molecule is Clc1ccc(CC2=NCCN2)c(C2CCOCC2)c1. The van der Waals surface area contributed by atoms with Crippen molar-refractivity contribution in [3.63, 3.8) is 0 Å². The number of halogens is 1.